The predicted molar refractivity (Wildman–Crippen MR) is 51.9 cm³/mol. The Kier molecular flexibility index (Phi) is 3.89. The van der Waals surface area contributed by atoms with Crippen LogP contribution in [0.4, 0.5) is 0 Å². The highest BCUT2D eigenvalue weighted by atomic mass is 32.1. The standard InChI is InChI=1S/C9H13NO2S/c1-7(2)3-4-12-9(11)8-5-10-6-13-8/h5-7H,3-4H2,1-2H3. The summed E-state index contributed by atoms with van der Waals surface area (Å²) in [5.74, 6) is 0.303. The van der Waals surface area contributed by atoms with Crippen LogP contribution in [0.25, 0.3) is 0 Å². The molecule has 0 spiro atoms. The summed E-state index contributed by atoms with van der Waals surface area (Å²) in [4.78, 5) is 15.6. The van der Waals surface area contributed by atoms with Crippen molar-refractivity contribution >= 4 is 17.3 Å². The van der Waals surface area contributed by atoms with Crippen LogP contribution < -0.4 is 0 Å². The summed E-state index contributed by atoms with van der Waals surface area (Å²) < 4.78 is 5.03. The lowest BCUT2D eigenvalue weighted by Crippen LogP contribution is -2.06. The van der Waals surface area contributed by atoms with Gasteiger partial charge in [0.25, 0.3) is 0 Å². The summed E-state index contributed by atoms with van der Waals surface area (Å²) in [6, 6.07) is 0. The normalized spacial score (nSPS) is 10.4. The molecule has 0 amide bonds. The first kappa shape index (κ1) is 10.2. The van der Waals surface area contributed by atoms with Crippen molar-refractivity contribution in [2.24, 2.45) is 5.92 Å². The Morgan fingerprint density at radius 2 is 2.46 bits per heavy atom. The van der Waals surface area contributed by atoms with E-state index in [9.17, 15) is 4.79 Å². The molecule has 0 atom stereocenters. The van der Waals surface area contributed by atoms with Gasteiger partial charge in [-0.05, 0) is 12.3 Å². The molecule has 0 N–H and O–H groups in total. The van der Waals surface area contributed by atoms with E-state index in [0.717, 1.165) is 6.42 Å². The van der Waals surface area contributed by atoms with Crippen molar-refractivity contribution in [3.05, 3.63) is 16.6 Å². The van der Waals surface area contributed by atoms with E-state index in [0.29, 0.717) is 17.4 Å². The van der Waals surface area contributed by atoms with E-state index in [-0.39, 0.29) is 5.97 Å². The number of rotatable bonds is 4. The van der Waals surface area contributed by atoms with Crippen LogP contribution in [0, 0.1) is 5.92 Å². The van der Waals surface area contributed by atoms with Gasteiger partial charge < -0.3 is 4.74 Å². The summed E-state index contributed by atoms with van der Waals surface area (Å²) in [5.41, 5.74) is 1.62. The van der Waals surface area contributed by atoms with E-state index < -0.39 is 0 Å². The van der Waals surface area contributed by atoms with E-state index in [1.165, 1.54) is 17.5 Å². The number of carbonyl (C=O) groups excluding carboxylic acids is 1. The minimum absolute atomic E-state index is 0.261. The second-order valence-electron chi connectivity index (χ2n) is 3.18. The largest absolute Gasteiger partial charge is 0.461 e. The van der Waals surface area contributed by atoms with Gasteiger partial charge in [0.05, 0.1) is 18.3 Å². The van der Waals surface area contributed by atoms with E-state index in [2.05, 4.69) is 18.8 Å². The van der Waals surface area contributed by atoms with Gasteiger partial charge in [-0.15, -0.1) is 11.3 Å². The van der Waals surface area contributed by atoms with Crippen molar-refractivity contribution < 1.29 is 9.53 Å². The summed E-state index contributed by atoms with van der Waals surface area (Å²) in [6.07, 6.45) is 2.44. The number of aromatic nitrogens is 1. The maximum Gasteiger partial charge on any atom is 0.349 e. The van der Waals surface area contributed by atoms with Crippen molar-refractivity contribution in [2.75, 3.05) is 6.61 Å². The summed E-state index contributed by atoms with van der Waals surface area (Å²) in [6.45, 7) is 4.69. The third kappa shape index (κ3) is 3.55. The fraction of sp³-hybridized carbons (Fsp3) is 0.556. The van der Waals surface area contributed by atoms with Gasteiger partial charge in [-0.3, -0.25) is 4.98 Å². The Morgan fingerprint density at radius 3 is 3.00 bits per heavy atom. The molecule has 0 unspecified atom stereocenters. The molecule has 0 radical (unpaired) electrons. The van der Waals surface area contributed by atoms with Crippen molar-refractivity contribution in [1.29, 1.82) is 0 Å². The fourth-order valence-corrected chi connectivity index (χ4v) is 1.29. The molecule has 0 aliphatic heterocycles. The quantitative estimate of drug-likeness (QED) is 0.699. The number of ether oxygens (including phenoxy) is 1. The van der Waals surface area contributed by atoms with Crippen LogP contribution in [-0.4, -0.2) is 17.6 Å². The fourth-order valence-electron chi connectivity index (χ4n) is 0.775. The minimum Gasteiger partial charge on any atom is -0.461 e. The minimum atomic E-state index is -0.261. The van der Waals surface area contributed by atoms with Gasteiger partial charge in [0.2, 0.25) is 0 Å². The Bertz CT molecular complexity index is 257. The number of thiazole rings is 1. The van der Waals surface area contributed by atoms with Crippen LogP contribution in [0.1, 0.15) is 29.9 Å². The van der Waals surface area contributed by atoms with E-state index in [1.807, 2.05) is 0 Å². The van der Waals surface area contributed by atoms with Gasteiger partial charge in [-0.25, -0.2) is 4.79 Å². The first-order valence-corrected chi connectivity index (χ1v) is 5.13. The molecule has 0 aromatic carbocycles. The molecule has 0 aliphatic rings. The molecule has 13 heavy (non-hydrogen) atoms. The lowest BCUT2D eigenvalue weighted by molar-refractivity contribution is 0.0493. The van der Waals surface area contributed by atoms with Gasteiger partial charge >= 0.3 is 5.97 Å². The monoisotopic (exact) mass is 199 g/mol. The second-order valence-corrected chi connectivity index (χ2v) is 4.07. The Balaban J connectivity index is 2.27. The number of esters is 1. The highest BCUT2D eigenvalue weighted by Gasteiger charge is 2.08. The topological polar surface area (TPSA) is 39.2 Å². The first-order chi connectivity index (χ1) is 6.20. The SMILES string of the molecule is CC(C)CCOC(=O)c1cncs1. The molecule has 1 aromatic heterocycles. The zero-order valence-electron chi connectivity index (χ0n) is 7.82. The molecule has 0 saturated carbocycles. The number of nitrogens with zero attached hydrogens (tertiary/aromatic N) is 1. The Labute approximate surface area is 81.8 Å². The van der Waals surface area contributed by atoms with E-state index >= 15 is 0 Å². The van der Waals surface area contributed by atoms with Crippen LogP contribution in [0.5, 0.6) is 0 Å². The van der Waals surface area contributed by atoms with Crippen LogP contribution in [0.3, 0.4) is 0 Å². The molecular formula is C9H13NO2S. The van der Waals surface area contributed by atoms with Crippen molar-refractivity contribution in [2.45, 2.75) is 20.3 Å². The Hall–Kier alpha value is -0.900. The third-order valence-electron chi connectivity index (χ3n) is 1.56. The molecule has 3 nitrogen and oxygen atoms in total. The smallest absolute Gasteiger partial charge is 0.349 e. The third-order valence-corrected chi connectivity index (χ3v) is 2.31. The maximum absolute atomic E-state index is 11.2. The predicted octanol–water partition coefficient (Wildman–Crippen LogP) is 2.35. The van der Waals surface area contributed by atoms with E-state index in [4.69, 9.17) is 4.74 Å². The molecule has 72 valence electrons. The van der Waals surface area contributed by atoms with Gasteiger partial charge in [-0.2, -0.15) is 0 Å². The van der Waals surface area contributed by atoms with Gasteiger partial charge in [-0.1, -0.05) is 13.8 Å². The summed E-state index contributed by atoms with van der Waals surface area (Å²) in [7, 11) is 0. The number of hydrogen-bond donors (Lipinski definition) is 0. The zero-order chi connectivity index (χ0) is 9.68. The summed E-state index contributed by atoms with van der Waals surface area (Å²) in [5, 5.41) is 0. The number of hydrogen-bond acceptors (Lipinski definition) is 4. The van der Waals surface area contributed by atoms with Crippen LogP contribution >= 0.6 is 11.3 Å². The van der Waals surface area contributed by atoms with Crippen LogP contribution in [-0.2, 0) is 4.74 Å². The number of carbonyl (C=O) groups is 1. The first-order valence-electron chi connectivity index (χ1n) is 4.25. The molecule has 0 saturated heterocycles. The molecule has 1 aromatic rings. The van der Waals surface area contributed by atoms with Crippen LogP contribution in [0.15, 0.2) is 11.7 Å². The average Bonchev–Trinajstić information content (AvgIpc) is 2.55. The van der Waals surface area contributed by atoms with Crippen LogP contribution in [0.2, 0.25) is 0 Å². The highest BCUT2D eigenvalue weighted by molar-refractivity contribution is 7.11. The molecular weight excluding hydrogens is 186 g/mol. The Morgan fingerprint density at radius 1 is 1.69 bits per heavy atom. The molecule has 1 rings (SSSR count). The zero-order valence-corrected chi connectivity index (χ0v) is 8.63. The highest BCUT2D eigenvalue weighted by Crippen LogP contribution is 2.08. The molecule has 1 heterocycles. The second kappa shape index (κ2) is 4.97. The molecule has 0 bridgehead atoms. The molecule has 0 fully saturated rings. The van der Waals surface area contributed by atoms with Crippen molar-refractivity contribution in [3.63, 3.8) is 0 Å². The maximum atomic E-state index is 11.2. The van der Waals surface area contributed by atoms with Gasteiger partial charge in [0.1, 0.15) is 4.88 Å². The average molecular weight is 199 g/mol. The lowest BCUT2D eigenvalue weighted by Gasteiger charge is -2.04. The lowest BCUT2D eigenvalue weighted by atomic mass is 10.1. The van der Waals surface area contributed by atoms with Gasteiger partial charge in [0.15, 0.2) is 0 Å². The van der Waals surface area contributed by atoms with E-state index in [1.54, 1.807) is 5.51 Å². The van der Waals surface area contributed by atoms with Crippen molar-refractivity contribution in [1.82, 2.24) is 4.98 Å². The summed E-state index contributed by atoms with van der Waals surface area (Å²) >= 11 is 1.30. The van der Waals surface area contributed by atoms with Crippen molar-refractivity contribution in [3.8, 4) is 0 Å². The molecule has 4 heteroatoms. The molecule has 0 aliphatic carbocycles. The van der Waals surface area contributed by atoms with Gasteiger partial charge in [0, 0.05) is 0 Å².